The van der Waals surface area contributed by atoms with Crippen molar-refractivity contribution in [3.63, 3.8) is 0 Å². The van der Waals surface area contributed by atoms with Crippen molar-refractivity contribution < 1.29 is 17.9 Å². The van der Waals surface area contributed by atoms with Crippen LogP contribution in [-0.4, -0.2) is 68.3 Å². The van der Waals surface area contributed by atoms with Crippen molar-refractivity contribution in [2.75, 3.05) is 44.8 Å². The Bertz CT molecular complexity index is 623. The van der Waals surface area contributed by atoms with Gasteiger partial charge in [-0.25, -0.2) is 8.42 Å². The van der Waals surface area contributed by atoms with Gasteiger partial charge >= 0.3 is 0 Å². The summed E-state index contributed by atoms with van der Waals surface area (Å²) in [7, 11) is -3.52. The largest absolute Gasteiger partial charge is 0.494 e. The van der Waals surface area contributed by atoms with Crippen LogP contribution in [0, 0.1) is 0 Å². The molecule has 6 nitrogen and oxygen atoms in total. The van der Waals surface area contributed by atoms with Gasteiger partial charge in [0.1, 0.15) is 5.75 Å². The van der Waals surface area contributed by atoms with Crippen LogP contribution < -0.4 is 4.74 Å². The van der Waals surface area contributed by atoms with Gasteiger partial charge in [-0.2, -0.15) is 16.1 Å². The van der Waals surface area contributed by atoms with Crippen LogP contribution in [0.2, 0.25) is 0 Å². The second-order valence-electron chi connectivity index (χ2n) is 5.12. The average Bonchev–Trinajstić information content (AvgIpc) is 2.56. The number of carbonyl (C=O) groups is 1. The van der Waals surface area contributed by atoms with E-state index in [0.717, 1.165) is 0 Å². The van der Waals surface area contributed by atoms with E-state index in [-0.39, 0.29) is 10.8 Å². The topological polar surface area (TPSA) is 66.9 Å². The Morgan fingerprint density at radius 1 is 1.17 bits per heavy atom. The lowest BCUT2D eigenvalue weighted by Crippen LogP contribution is -2.50. The summed E-state index contributed by atoms with van der Waals surface area (Å²) in [5.74, 6) is 1.15. The van der Waals surface area contributed by atoms with E-state index in [2.05, 4.69) is 0 Å². The number of piperazine rings is 1. The molecular formula is C15H22N2O4S2. The number of benzene rings is 1. The molecule has 0 aromatic heterocycles. The van der Waals surface area contributed by atoms with Gasteiger partial charge in [0.25, 0.3) is 0 Å². The number of hydrogen-bond acceptors (Lipinski definition) is 5. The minimum atomic E-state index is -3.52. The normalized spacial score (nSPS) is 16.3. The maximum Gasteiger partial charge on any atom is 0.243 e. The van der Waals surface area contributed by atoms with E-state index in [1.807, 2.05) is 13.2 Å². The van der Waals surface area contributed by atoms with Crippen LogP contribution >= 0.6 is 11.8 Å². The molecule has 0 N–H and O–H groups in total. The average molecular weight is 358 g/mol. The molecule has 1 aromatic rings. The first-order valence-corrected chi connectivity index (χ1v) is 10.3. The molecule has 1 amide bonds. The third kappa shape index (κ3) is 4.39. The highest BCUT2D eigenvalue weighted by molar-refractivity contribution is 7.99. The van der Waals surface area contributed by atoms with Gasteiger partial charge in [-0.1, -0.05) is 0 Å². The fourth-order valence-electron chi connectivity index (χ4n) is 2.42. The van der Waals surface area contributed by atoms with Crippen LogP contribution in [0.15, 0.2) is 29.2 Å². The molecule has 1 heterocycles. The summed E-state index contributed by atoms with van der Waals surface area (Å²) < 4.78 is 32.0. The lowest BCUT2D eigenvalue weighted by Gasteiger charge is -2.34. The van der Waals surface area contributed by atoms with Crippen molar-refractivity contribution in [3.8, 4) is 5.75 Å². The fraction of sp³-hybridized carbons (Fsp3) is 0.533. The number of rotatable bonds is 6. The highest BCUT2D eigenvalue weighted by atomic mass is 32.2. The van der Waals surface area contributed by atoms with E-state index in [1.165, 1.54) is 16.1 Å². The summed E-state index contributed by atoms with van der Waals surface area (Å²) in [5, 5.41) is 0. The van der Waals surface area contributed by atoms with Crippen molar-refractivity contribution in [3.05, 3.63) is 24.3 Å². The van der Waals surface area contributed by atoms with Crippen molar-refractivity contribution >= 4 is 27.7 Å². The third-order valence-electron chi connectivity index (χ3n) is 3.63. The molecule has 1 aromatic carbocycles. The van der Waals surface area contributed by atoms with E-state index >= 15 is 0 Å². The Labute approximate surface area is 141 Å². The molecule has 2 rings (SSSR count). The molecule has 0 radical (unpaired) electrons. The summed E-state index contributed by atoms with van der Waals surface area (Å²) in [6.45, 7) is 3.96. The lowest BCUT2D eigenvalue weighted by atomic mass is 10.3. The number of amides is 1. The summed E-state index contributed by atoms with van der Waals surface area (Å²) >= 11 is 1.48. The van der Waals surface area contributed by atoms with Crippen LogP contribution in [0.3, 0.4) is 0 Å². The van der Waals surface area contributed by atoms with Crippen LogP contribution in [0.4, 0.5) is 0 Å². The maximum absolute atomic E-state index is 12.6. The van der Waals surface area contributed by atoms with Crippen LogP contribution in [0.1, 0.15) is 6.92 Å². The molecule has 128 valence electrons. The SMILES string of the molecule is CCOc1ccc(S(=O)(=O)N2CCN(C(=O)CSC)CC2)cc1. The molecule has 1 fully saturated rings. The van der Waals surface area contributed by atoms with Gasteiger partial charge in [-0.05, 0) is 37.4 Å². The van der Waals surface area contributed by atoms with E-state index < -0.39 is 10.0 Å². The van der Waals surface area contributed by atoms with Crippen LogP contribution in [-0.2, 0) is 14.8 Å². The number of ether oxygens (including phenoxy) is 1. The van der Waals surface area contributed by atoms with Crippen molar-refractivity contribution in [1.29, 1.82) is 0 Å². The summed E-state index contributed by atoms with van der Waals surface area (Å²) in [6.07, 6.45) is 1.88. The molecule has 23 heavy (non-hydrogen) atoms. The number of nitrogens with zero attached hydrogens (tertiary/aromatic N) is 2. The summed E-state index contributed by atoms with van der Waals surface area (Å²) in [5.41, 5.74) is 0. The first kappa shape index (κ1) is 18.1. The van der Waals surface area contributed by atoms with Gasteiger partial charge in [0.2, 0.25) is 15.9 Å². The van der Waals surface area contributed by atoms with Crippen molar-refractivity contribution in [1.82, 2.24) is 9.21 Å². The highest BCUT2D eigenvalue weighted by Crippen LogP contribution is 2.21. The number of sulfonamides is 1. The zero-order chi connectivity index (χ0) is 16.9. The molecule has 1 saturated heterocycles. The monoisotopic (exact) mass is 358 g/mol. The Hall–Kier alpha value is -1.25. The lowest BCUT2D eigenvalue weighted by molar-refractivity contribution is -0.129. The van der Waals surface area contributed by atoms with Gasteiger partial charge < -0.3 is 9.64 Å². The van der Waals surface area contributed by atoms with Gasteiger partial charge in [-0.15, -0.1) is 0 Å². The van der Waals surface area contributed by atoms with E-state index in [1.54, 1.807) is 29.2 Å². The first-order valence-electron chi connectivity index (χ1n) is 7.48. The van der Waals surface area contributed by atoms with Crippen molar-refractivity contribution in [2.45, 2.75) is 11.8 Å². The van der Waals surface area contributed by atoms with Crippen LogP contribution in [0.25, 0.3) is 0 Å². The zero-order valence-electron chi connectivity index (χ0n) is 13.4. The summed E-state index contributed by atoms with van der Waals surface area (Å²) in [6, 6.07) is 6.44. The smallest absolute Gasteiger partial charge is 0.243 e. The molecule has 0 bridgehead atoms. The number of carbonyl (C=O) groups excluding carboxylic acids is 1. The predicted molar refractivity (Wildman–Crippen MR) is 91.3 cm³/mol. The Kier molecular flexibility index (Phi) is 6.32. The number of hydrogen-bond donors (Lipinski definition) is 0. The minimum Gasteiger partial charge on any atom is -0.494 e. The maximum atomic E-state index is 12.6. The molecular weight excluding hydrogens is 336 g/mol. The molecule has 0 aliphatic carbocycles. The van der Waals surface area contributed by atoms with E-state index in [0.29, 0.717) is 44.3 Å². The molecule has 1 aliphatic rings. The van der Waals surface area contributed by atoms with Crippen molar-refractivity contribution in [2.24, 2.45) is 0 Å². The number of thioether (sulfide) groups is 1. The highest BCUT2D eigenvalue weighted by Gasteiger charge is 2.29. The second kappa shape index (κ2) is 8.03. The standard InChI is InChI=1S/C15H22N2O4S2/c1-3-21-13-4-6-14(7-5-13)23(19,20)17-10-8-16(9-11-17)15(18)12-22-2/h4-7H,3,8-12H2,1-2H3. The Morgan fingerprint density at radius 2 is 1.78 bits per heavy atom. The Balaban J connectivity index is 2.02. The zero-order valence-corrected chi connectivity index (χ0v) is 15.0. The quantitative estimate of drug-likeness (QED) is 0.766. The molecule has 0 spiro atoms. The first-order chi connectivity index (χ1) is 11.0. The van der Waals surface area contributed by atoms with Gasteiger partial charge in [-0.3, -0.25) is 4.79 Å². The Morgan fingerprint density at radius 3 is 2.30 bits per heavy atom. The van der Waals surface area contributed by atoms with Gasteiger partial charge in [0, 0.05) is 26.2 Å². The molecule has 0 unspecified atom stereocenters. The van der Waals surface area contributed by atoms with Crippen LogP contribution in [0.5, 0.6) is 5.75 Å². The minimum absolute atomic E-state index is 0.0654. The molecule has 1 aliphatic heterocycles. The second-order valence-corrected chi connectivity index (χ2v) is 7.93. The molecule has 8 heteroatoms. The molecule has 0 saturated carbocycles. The van der Waals surface area contributed by atoms with E-state index in [4.69, 9.17) is 4.74 Å². The van der Waals surface area contributed by atoms with Gasteiger partial charge in [0.15, 0.2) is 0 Å². The van der Waals surface area contributed by atoms with E-state index in [9.17, 15) is 13.2 Å². The fourth-order valence-corrected chi connectivity index (χ4v) is 4.27. The predicted octanol–water partition coefficient (Wildman–Crippen LogP) is 1.28. The molecule has 0 atom stereocenters. The van der Waals surface area contributed by atoms with Gasteiger partial charge in [0.05, 0.1) is 17.3 Å². The summed E-state index contributed by atoms with van der Waals surface area (Å²) in [4.78, 5) is 13.8. The third-order valence-corrected chi connectivity index (χ3v) is 6.08.